The number of hydrogen-bond donors (Lipinski definition) is 2. The van der Waals surface area contributed by atoms with Crippen molar-refractivity contribution >= 4 is 17.0 Å². The smallest absolute Gasteiger partial charge is 0.265 e. The normalized spacial score (nSPS) is 16.1. The minimum absolute atomic E-state index is 0.210. The van der Waals surface area contributed by atoms with Crippen LogP contribution in [0.2, 0.25) is 0 Å². The predicted molar refractivity (Wildman–Crippen MR) is 95.8 cm³/mol. The molecular formula is C18H26N4O3. The summed E-state index contributed by atoms with van der Waals surface area (Å²) in [5.41, 5.74) is 0.226. The molecule has 0 atom stereocenters. The van der Waals surface area contributed by atoms with E-state index in [0.717, 1.165) is 6.54 Å². The fourth-order valence-electron chi connectivity index (χ4n) is 3.48. The Morgan fingerprint density at radius 2 is 2.00 bits per heavy atom. The van der Waals surface area contributed by atoms with E-state index in [-0.39, 0.29) is 28.1 Å². The lowest BCUT2D eigenvalue weighted by molar-refractivity contribution is 0.0953. The van der Waals surface area contributed by atoms with Crippen molar-refractivity contribution in [3.63, 3.8) is 0 Å². The molecule has 0 unspecified atom stereocenters. The summed E-state index contributed by atoms with van der Waals surface area (Å²) in [6.45, 7) is 2.92. The van der Waals surface area contributed by atoms with Crippen LogP contribution in [0, 0.1) is 6.92 Å². The molecule has 3 rings (SSSR count). The average Bonchev–Trinajstić information content (AvgIpc) is 2.76. The quantitative estimate of drug-likeness (QED) is 0.637. The van der Waals surface area contributed by atoms with Crippen molar-refractivity contribution in [2.75, 3.05) is 13.1 Å². The van der Waals surface area contributed by atoms with E-state index in [0.29, 0.717) is 18.3 Å². The van der Waals surface area contributed by atoms with E-state index in [1.54, 1.807) is 14.0 Å². The molecule has 25 heavy (non-hydrogen) atoms. The fourth-order valence-corrected chi connectivity index (χ4v) is 3.48. The molecule has 0 radical (unpaired) electrons. The number of nitrogens with zero attached hydrogens (tertiary/aromatic N) is 2. The van der Waals surface area contributed by atoms with Crippen molar-refractivity contribution < 1.29 is 9.21 Å². The summed E-state index contributed by atoms with van der Waals surface area (Å²) in [6, 6.07) is 0.549. The minimum atomic E-state index is -0.288. The average molecular weight is 346 g/mol. The third kappa shape index (κ3) is 3.92. The Balaban J connectivity index is 1.62. The number of aromatic nitrogens is 2. The summed E-state index contributed by atoms with van der Waals surface area (Å²) in [7, 11) is 1.61. The van der Waals surface area contributed by atoms with Gasteiger partial charge in [-0.3, -0.25) is 9.59 Å². The Hall–Kier alpha value is -2.15. The lowest BCUT2D eigenvalue weighted by Crippen LogP contribution is -2.37. The standard InChI is InChI=1S/C18H26N4O3/c1-12-14(15-17(25-12)21-11-22(2)18(15)24)16(23)20-10-9-19-13-7-5-3-4-6-8-13/h11,13,19H,3-10H2,1-2H3,(H,20,23). The van der Waals surface area contributed by atoms with Crippen molar-refractivity contribution in [1.29, 1.82) is 0 Å². The van der Waals surface area contributed by atoms with E-state index in [1.165, 1.54) is 49.4 Å². The molecule has 0 bridgehead atoms. The van der Waals surface area contributed by atoms with Gasteiger partial charge in [0.25, 0.3) is 11.5 Å². The van der Waals surface area contributed by atoms with Crippen LogP contribution in [0.1, 0.15) is 54.6 Å². The first-order chi connectivity index (χ1) is 12.1. The lowest BCUT2D eigenvalue weighted by atomic mass is 10.1. The largest absolute Gasteiger partial charge is 0.442 e. The van der Waals surface area contributed by atoms with Gasteiger partial charge in [0.1, 0.15) is 17.5 Å². The number of rotatable bonds is 5. The molecule has 0 aliphatic heterocycles. The second kappa shape index (κ2) is 7.82. The van der Waals surface area contributed by atoms with E-state index in [9.17, 15) is 9.59 Å². The molecule has 1 fully saturated rings. The van der Waals surface area contributed by atoms with Crippen molar-refractivity contribution in [3.8, 4) is 0 Å². The van der Waals surface area contributed by atoms with Gasteiger partial charge >= 0.3 is 0 Å². The minimum Gasteiger partial charge on any atom is -0.442 e. The molecule has 1 amide bonds. The number of fused-ring (bicyclic) bond motifs is 1. The van der Waals surface area contributed by atoms with E-state index in [2.05, 4.69) is 15.6 Å². The van der Waals surface area contributed by atoms with Gasteiger partial charge in [-0.25, -0.2) is 4.98 Å². The molecule has 2 aromatic rings. The van der Waals surface area contributed by atoms with Crippen LogP contribution in [0.3, 0.4) is 0 Å². The van der Waals surface area contributed by atoms with Gasteiger partial charge in [-0.15, -0.1) is 0 Å². The maximum absolute atomic E-state index is 12.5. The summed E-state index contributed by atoms with van der Waals surface area (Å²) in [5, 5.41) is 6.65. The number of amides is 1. The number of carbonyl (C=O) groups is 1. The second-order valence-corrected chi connectivity index (χ2v) is 6.77. The summed E-state index contributed by atoms with van der Waals surface area (Å²) < 4.78 is 6.82. The van der Waals surface area contributed by atoms with Crippen LogP contribution in [0.4, 0.5) is 0 Å². The van der Waals surface area contributed by atoms with Gasteiger partial charge in [0, 0.05) is 26.2 Å². The van der Waals surface area contributed by atoms with Crippen LogP contribution in [-0.2, 0) is 7.05 Å². The van der Waals surface area contributed by atoms with E-state index in [4.69, 9.17) is 4.42 Å². The summed E-state index contributed by atoms with van der Waals surface area (Å²) >= 11 is 0. The highest BCUT2D eigenvalue weighted by Crippen LogP contribution is 2.20. The molecule has 7 heteroatoms. The number of carbonyl (C=O) groups excluding carboxylic acids is 1. The van der Waals surface area contributed by atoms with Gasteiger partial charge < -0.3 is 19.6 Å². The molecular weight excluding hydrogens is 320 g/mol. The van der Waals surface area contributed by atoms with Crippen molar-refractivity contribution in [2.24, 2.45) is 7.05 Å². The zero-order chi connectivity index (χ0) is 17.8. The molecule has 136 valence electrons. The summed E-state index contributed by atoms with van der Waals surface area (Å²) in [4.78, 5) is 28.9. The molecule has 0 aromatic carbocycles. The highest BCUT2D eigenvalue weighted by molar-refractivity contribution is 6.06. The van der Waals surface area contributed by atoms with Crippen molar-refractivity contribution in [2.45, 2.75) is 51.5 Å². The predicted octanol–water partition coefficient (Wildman–Crippen LogP) is 1.88. The van der Waals surface area contributed by atoms with Gasteiger partial charge in [0.2, 0.25) is 5.71 Å². The van der Waals surface area contributed by atoms with Crippen LogP contribution in [0.15, 0.2) is 15.5 Å². The Bertz CT molecular complexity index is 800. The van der Waals surface area contributed by atoms with Gasteiger partial charge in [-0.1, -0.05) is 25.7 Å². The van der Waals surface area contributed by atoms with Crippen LogP contribution >= 0.6 is 0 Å². The Morgan fingerprint density at radius 3 is 2.72 bits per heavy atom. The molecule has 2 N–H and O–H groups in total. The zero-order valence-electron chi connectivity index (χ0n) is 14.9. The highest BCUT2D eigenvalue weighted by atomic mass is 16.3. The SMILES string of the molecule is Cc1oc2ncn(C)c(=O)c2c1C(=O)NCCNC1CCCCCC1. The molecule has 0 saturated heterocycles. The Kier molecular flexibility index (Phi) is 5.53. The van der Waals surface area contributed by atoms with Gasteiger partial charge in [-0.05, 0) is 19.8 Å². The number of nitrogens with one attached hydrogen (secondary N) is 2. The van der Waals surface area contributed by atoms with Crippen LogP contribution < -0.4 is 16.2 Å². The zero-order valence-corrected chi connectivity index (χ0v) is 14.9. The molecule has 7 nitrogen and oxygen atoms in total. The maximum Gasteiger partial charge on any atom is 0.265 e. The van der Waals surface area contributed by atoms with Gasteiger partial charge in [0.15, 0.2) is 0 Å². The van der Waals surface area contributed by atoms with E-state index < -0.39 is 0 Å². The first-order valence-electron chi connectivity index (χ1n) is 9.04. The topological polar surface area (TPSA) is 89.2 Å². The second-order valence-electron chi connectivity index (χ2n) is 6.77. The summed E-state index contributed by atoms with van der Waals surface area (Å²) in [5.74, 6) is 0.129. The van der Waals surface area contributed by atoms with Crippen LogP contribution in [0.5, 0.6) is 0 Å². The number of hydrogen-bond acceptors (Lipinski definition) is 5. The van der Waals surface area contributed by atoms with E-state index >= 15 is 0 Å². The fraction of sp³-hybridized carbons (Fsp3) is 0.611. The van der Waals surface area contributed by atoms with Crippen molar-refractivity contribution in [3.05, 3.63) is 28.0 Å². The van der Waals surface area contributed by atoms with Gasteiger partial charge in [0.05, 0.1) is 5.56 Å². The number of aryl methyl sites for hydroxylation is 2. The molecule has 2 aromatic heterocycles. The first-order valence-corrected chi connectivity index (χ1v) is 9.04. The monoisotopic (exact) mass is 346 g/mol. The first kappa shape index (κ1) is 17.7. The van der Waals surface area contributed by atoms with Crippen molar-refractivity contribution in [1.82, 2.24) is 20.2 Å². The maximum atomic E-state index is 12.5. The molecule has 0 spiro atoms. The molecule has 1 aliphatic carbocycles. The third-order valence-electron chi connectivity index (χ3n) is 4.87. The Morgan fingerprint density at radius 1 is 1.28 bits per heavy atom. The molecule has 1 saturated carbocycles. The van der Waals surface area contributed by atoms with Crippen LogP contribution in [0.25, 0.3) is 11.1 Å². The Labute approximate surface area is 146 Å². The third-order valence-corrected chi connectivity index (χ3v) is 4.87. The highest BCUT2D eigenvalue weighted by Gasteiger charge is 2.22. The van der Waals surface area contributed by atoms with Gasteiger partial charge in [-0.2, -0.15) is 0 Å². The lowest BCUT2D eigenvalue weighted by Gasteiger charge is -2.16. The summed E-state index contributed by atoms with van der Waals surface area (Å²) in [6.07, 6.45) is 9.02. The van der Waals surface area contributed by atoms with Crippen LogP contribution in [-0.4, -0.2) is 34.6 Å². The molecule has 1 aliphatic rings. The molecule has 2 heterocycles. The van der Waals surface area contributed by atoms with E-state index in [1.807, 2.05) is 0 Å². The number of furan rings is 1.